The molecule has 1 aromatic carbocycles. The fourth-order valence-electron chi connectivity index (χ4n) is 2.45. The van der Waals surface area contributed by atoms with E-state index in [0.717, 1.165) is 11.3 Å². The van der Waals surface area contributed by atoms with Crippen LogP contribution in [0.1, 0.15) is 70.8 Å². The van der Waals surface area contributed by atoms with Gasteiger partial charge in [0.05, 0.1) is 11.6 Å². The van der Waals surface area contributed by atoms with Crippen LogP contribution in [0.2, 0.25) is 0 Å². The molecule has 0 unspecified atom stereocenters. The lowest BCUT2D eigenvalue weighted by molar-refractivity contribution is 0.526. The lowest BCUT2D eigenvalue weighted by Gasteiger charge is -2.20. The normalized spacial score (nSPS) is 10.5. The van der Waals surface area contributed by atoms with Gasteiger partial charge < -0.3 is 5.32 Å². The topological polar surface area (TPSA) is 35.8 Å². The Morgan fingerprint density at radius 2 is 1.50 bits per heavy atom. The van der Waals surface area contributed by atoms with Gasteiger partial charge in [0.25, 0.3) is 0 Å². The van der Waals surface area contributed by atoms with Gasteiger partial charge in [-0.3, -0.25) is 0 Å². The summed E-state index contributed by atoms with van der Waals surface area (Å²) in [4.78, 5) is 0. The van der Waals surface area contributed by atoms with Crippen molar-refractivity contribution in [3.05, 3.63) is 29.8 Å². The Balaban J connectivity index is 2.49. The third-order valence-corrected chi connectivity index (χ3v) is 3.70. The average Bonchev–Trinajstić information content (AvgIpc) is 2.48. The highest BCUT2D eigenvalue weighted by atomic mass is 14.9. The highest BCUT2D eigenvalue weighted by Crippen LogP contribution is 2.17. The van der Waals surface area contributed by atoms with Gasteiger partial charge in [-0.1, -0.05) is 52.4 Å². The lowest BCUT2D eigenvalue weighted by Crippen LogP contribution is -2.19. The quantitative estimate of drug-likeness (QED) is 0.571. The Bertz CT molecular complexity index is 379. The van der Waals surface area contributed by atoms with Gasteiger partial charge in [0, 0.05) is 11.7 Å². The molecule has 2 nitrogen and oxygen atoms in total. The molecule has 0 heterocycles. The number of anilines is 1. The summed E-state index contributed by atoms with van der Waals surface area (Å²) < 4.78 is 0. The summed E-state index contributed by atoms with van der Waals surface area (Å²) in [6, 6.07) is 10.5. The summed E-state index contributed by atoms with van der Waals surface area (Å²) >= 11 is 0. The first-order chi connectivity index (χ1) is 9.80. The van der Waals surface area contributed by atoms with E-state index in [0.29, 0.717) is 6.04 Å². The number of nitrogens with one attached hydrogen (secondary N) is 1. The Hall–Kier alpha value is -1.49. The van der Waals surface area contributed by atoms with Crippen molar-refractivity contribution in [2.24, 2.45) is 0 Å². The van der Waals surface area contributed by atoms with Gasteiger partial charge in [-0.05, 0) is 37.1 Å². The molecule has 0 aromatic heterocycles. The second-order valence-corrected chi connectivity index (χ2v) is 5.52. The first-order valence-corrected chi connectivity index (χ1v) is 8.06. The third kappa shape index (κ3) is 6.61. The van der Waals surface area contributed by atoms with Gasteiger partial charge >= 0.3 is 0 Å². The maximum Gasteiger partial charge on any atom is 0.0991 e. The van der Waals surface area contributed by atoms with Crippen LogP contribution in [0.15, 0.2) is 24.3 Å². The van der Waals surface area contributed by atoms with Crippen LogP contribution in [0.4, 0.5) is 5.69 Å². The van der Waals surface area contributed by atoms with Crippen LogP contribution in [0.25, 0.3) is 0 Å². The Labute approximate surface area is 124 Å². The second kappa shape index (κ2) is 10.3. The molecule has 0 fully saturated rings. The Morgan fingerprint density at radius 1 is 0.950 bits per heavy atom. The lowest BCUT2D eigenvalue weighted by atomic mass is 10.0. The zero-order valence-electron chi connectivity index (χ0n) is 13.0. The highest BCUT2D eigenvalue weighted by molar-refractivity contribution is 5.47. The molecular formula is C18H28N2. The van der Waals surface area contributed by atoms with Crippen LogP contribution in [0.3, 0.4) is 0 Å². The van der Waals surface area contributed by atoms with Gasteiger partial charge in [-0.25, -0.2) is 0 Å². The van der Waals surface area contributed by atoms with Gasteiger partial charge in [0.1, 0.15) is 0 Å². The van der Waals surface area contributed by atoms with E-state index in [-0.39, 0.29) is 0 Å². The minimum absolute atomic E-state index is 0.570. The van der Waals surface area contributed by atoms with Gasteiger partial charge in [-0.15, -0.1) is 0 Å². The number of unbranched alkanes of at least 4 members (excludes halogenated alkanes) is 4. The molecule has 0 aliphatic rings. The highest BCUT2D eigenvalue weighted by Gasteiger charge is 2.08. The second-order valence-electron chi connectivity index (χ2n) is 5.52. The molecule has 0 saturated heterocycles. The van der Waals surface area contributed by atoms with Crippen molar-refractivity contribution in [1.82, 2.24) is 0 Å². The molecule has 2 heteroatoms. The van der Waals surface area contributed by atoms with E-state index in [1.807, 2.05) is 24.3 Å². The smallest absolute Gasteiger partial charge is 0.0991 e. The third-order valence-electron chi connectivity index (χ3n) is 3.70. The minimum Gasteiger partial charge on any atom is -0.382 e. The summed E-state index contributed by atoms with van der Waals surface area (Å²) in [6.07, 6.45) is 10.3. The van der Waals surface area contributed by atoms with Crippen molar-refractivity contribution in [3.8, 4) is 6.07 Å². The van der Waals surface area contributed by atoms with Crippen LogP contribution < -0.4 is 5.32 Å². The van der Waals surface area contributed by atoms with Crippen molar-refractivity contribution < 1.29 is 0 Å². The van der Waals surface area contributed by atoms with E-state index in [9.17, 15) is 0 Å². The molecule has 0 radical (unpaired) electrons. The first kappa shape index (κ1) is 16.6. The van der Waals surface area contributed by atoms with Crippen LogP contribution in [0, 0.1) is 11.3 Å². The summed E-state index contributed by atoms with van der Waals surface area (Å²) in [7, 11) is 0. The van der Waals surface area contributed by atoms with E-state index in [2.05, 4.69) is 25.2 Å². The van der Waals surface area contributed by atoms with Crippen molar-refractivity contribution in [1.29, 1.82) is 5.26 Å². The van der Waals surface area contributed by atoms with Gasteiger partial charge in [0.2, 0.25) is 0 Å². The maximum absolute atomic E-state index is 8.83. The predicted octanol–water partition coefficient (Wildman–Crippen LogP) is 5.50. The Morgan fingerprint density at radius 3 is 1.95 bits per heavy atom. The van der Waals surface area contributed by atoms with Crippen LogP contribution in [-0.2, 0) is 0 Å². The molecule has 1 aromatic rings. The number of hydrogen-bond acceptors (Lipinski definition) is 2. The van der Waals surface area contributed by atoms with Crippen molar-refractivity contribution >= 4 is 5.69 Å². The molecule has 0 aliphatic carbocycles. The number of hydrogen-bond donors (Lipinski definition) is 1. The molecule has 0 saturated carbocycles. The van der Waals surface area contributed by atoms with Crippen LogP contribution >= 0.6 is 0 Å². The number of nitrogens with zero attached hydrogens (tertiary/aromatic N) is 1. The van der Waals surface area contributed by atoms with E-state index in [4.69, 9.17) is 5.26 Å². The summed E-state index contributed by atoms with van der Waals surface area (Å²) in [5.41, 5.74) is 1.87. The molecule has 0 spiro atoms. The molecule has 110 valence electrons. The molecule has 0 atom stereocenters. The maximum atomic E-state index is 8.83. The summed E-state index contributed by atoms with van der Waals surface area (Å²) in [5.74, 6) is 0. The molecule has 1 rings (SSSR count). The fourth-order valence-corrected chi connectivity index (χ4v) is 2.45. The van der Waals surface area contributed by atoms with Crippen molar-refractivity contribution in [2.45, 2.75) is 71.3 Å². The average molecular weight is 272 g/mol. The van der Waals surface area contributed by atoms with E-state index < -0.39 is 0 Å². The van der Waals surface area contributed by atoms with Crippen LogP contribution in [-0.4, -0.2) is 6.04 Å². The van der Waals surface area contributed by atoms with E-state index >= 15 is 0 Å². The first-order valence-electron chi connectivity index (χ1n) is 8.06. The molecule has 1 N–H and O–H groups in total. The largest absolute Gasteiger partial charge is 0.382 e. The SMILES string of the molecule is CCCCCC(CCCCC)Nc1ccc(C#N)cc1. The van der Waals surface area contributed by atoms with Crippen LogP contribution in [0.5, 0.6) is 0 Å². The van der Waals surface area contributed by atoms with E-state index in [1.54, 1.807) is 0 Å². The fraction of sp³-hybridized carbons (Fsp3) is 0.611. The number of benzene rings is 1. The summed E-state index contributed by atoms with van der Waals surface area (Å²) in [6.45, 7) is 4.50. The zero-order valence-corrected chi connectivity index (χ0v) is 13.0. The monoisotopic (exact) mass is 272 g/mol. The van der Waals surface area contributed by atoms with Crippen molar-refractivity contribution in [2.75, 3.05) is 5.32 Å². The molecule has 0 amide bonds. The zero-order chi connectivity index (χ0) is 14.6. The number of nitriles is 1. The molecule has 20 heavy (non-hydrogen) atoms. The molecular weight excluding hydrogens is 244 g/mol. The Kier molecular flexibility index (Phi) is 8.54. The van der Waals surface area contributed by atoms with E-state index in [1.165, 1.54) is 51.4 Å². The molecule has 0 aliphatic heterocycles. The molecule has 0 bridgehead atoms. The standard InChI is InChI=1S/C18H28N2/c1-3-5-7-9-17(10-8-6-4-2)20-18-13-11-16(15-19)12-14-18/h11-14,17,20H,3-10H2,1-2H3. The predicted molar refractivity (Wildman–Crippen MR) is 86.9 cm³/mol. The van der Waals surface area contributed by atoms with Gasteiger partial charge in [0.15, 0.2) is 0 Å². The van der Waals surface area contributed by atoms with Gasteiger partial charge in [-0.2, -0.15) is 5.26 Å². The minimum atomic E-state index is 0.570. The van der Waals surface area contributed by atoms with Crippen molar-refractivity contribution in [3.63, 3.8) is 0 Å². The number of rotatable bonds is 10. The summed E-state index contributed by atoms with van der Waals surface area (Å²) in [5, 5.41) is 12.5.